The number of hydrogen-bond donors (Lipinski definition) is 2. The van der Waals surface area contributed by atoms with Crippen LogP contribution in [0.15, 0.2) is 18.2 Å². The van der Waals surface area contributed by atoms with Gasteiger partial charge < -0.3 is 15.8 Å². The number of benzene rings is 1. The Kier molecular flexibility index (Phi) is 4.98. The molecule has 20 heavy (non-hydrogen) atoms. The largest absolute Gasteiger partial charge is 0.398 e. The summed E-state index contributed by atoms with van der Waals surface area (Å²) in [6.07, 6.45) is 0.740. The Morgan fingerprint density at radius 3 is 3.10 bits per heavy atom. The van der Waals surface area contributed by atoms with Crippen molar-refractivity contribution in [1.82, 2.24) is 4.90 Å². The minimum atomic E-state index is 0.0258. The van der Waals surface area contributed by atoms with E-state index in [1.165, 1.54) is 0 Å². The van der Waals surface area contributed by atoms with Crippen molar-refractivity contribution in [2.75, 3.05) is 37.3 Å². The van der Waals surface area contributed by atoms with Gasteiger partial charge in [0.25, 0.3) is 0 Å². The highest BCUT2D eigenvalue weighted by atomic mass is 16.5. The zero-order chi connectivity index (χ0) is 14.5. The van der Waals surface area contributed by atoms with Crippen molar-refractivity contribution in [2.24, 2.45) is 0 Å². The number of nitrogens with two attached hydrogens (primary N) is 1. The summed E-state index contributed by atoms with van der Waals surface area (Å²) in [6, 6.07) is 5.56. The van der Waals surface area contributed by atoms with Gasteiger partial charge in [0.2, 0.25) is 5.91 Å². The lowest BCUT2D eigenvalue weighted by molar-refractivity contribution is -0.117. The third-order valence-electron chi connectivity index (χ3n) is 3.63. The summed E-state index contributed by atoms with van der Waals surface area (Å²) < 4.78 is 5.48. The van der Waals surface area contributed by atoms with Crippen LogP contribution in [0.5, 0.6) is 0 Å². The van der Waals surface area contributed by atoms with Crippen LogP contribution in [0.4, 0.5) is 11.4 Å². The summed E-state index contributed by atoms with van der Waals surface area (Å²) in [4.78, 5) is 14.3. The average Bonchev–Trinajstić information content (AvgIpc) is 2.42. The molecular formula is C15H23N3O2. The molecule has 0 aromatic heterocycles. The summed E-state index contributed by atoms with van der Waals surface area (Å²) in [5.74, 6) is 0.0258. The average molecular weight is 277 g/mol. The molecule has 1 unspecified atom stereocenters. The third kappa shape index (κ3) is 3.95. The molecule has 1 aliphatic rings. The second kappa shape index (κ2) is 6.72. The molecule has 1 atom stereocenters. The van der Waals surface area contributed by atoms with Crippen LogP contribution in [0, 0.1) is 6.92 Å². The third-order valence-corrected chi connectivity index (χ3v) is 3.63. The highest BCUT2D eigenvalue weighted by molar-refractivity contribution is 5.92. The molecule has 1 heterocycles. The van der Waals surface area contributed by atoms with E-state index >= 15 is 0 Å². The Bertz CT molecular complexity index is 476. The summed E-state index contributed by atoms with van der Waals surface area (Å²) in [5.41, 5.74) is 8.24. The monoisotopic (exact) mass is 277 g/mol. The normalized spacial score (nSPS) is 19.8. The van der Waals surface area contributed by atoms with E-state index in [-0.39, 0.29) is 12.0 Å². The number of nitrogen functional groups attached to an aromatic ring is 1. The minimum absolute atomic E-state index is 0.0258. The predicted octanol–water partition coefficient (Wildman–Crippen LogP) is 1.63. The number of ether oxygens (including phenoxy) is 1. The Balaban J connectivity index is 1.82. The zero-order valence-electron chi connectivity index (χ0n) is 12.2. The van der Waals surface area contributed by atoms with Gasteiger partial charge in [-0.2, -0.15) is 0 Å². The van der Waals surface area contributed by atoms with Gasteiger partial charge in [-0.25, -0.2) is 0 Å². The molecule has 3 N–H and O–H groups in total. The second-order valence-corrected chi connectivity index (χ2v) is 5.30. The highest BCUT2D eigenvalue weighted by Gasteiger charge is 2.17. The molecule has 1 saturated heterocycles. The number of carbonyl (C=O) groups excluding carboxylic acids is 1. The maximum absolute atomic E-state index is 12.0. The first-order valence-electron chi connectivity index (χ1n) is 7.05. The number of carbonyl (C=O) groups is 1. The molecule has 1 amide bonds. The van der Waals surface area contributed by atoms with Crippen molar-refractivity contribution in [1.29, 1.82) is 0 Å². The summed E-state index contributed by atoms with van der Waals surface area (Å²) in [5, 5.41) is 2.92. The van der Waals surface area contributed by atoms with Crippen LogP contribution in [-0.4, -0.2) is 43.2 Å². The second-order valence-electron chi connectivity index (χ2n) is 5.30. The van der Waals surface area contributed by atoms with E-state index in [1.807, 2.05) is 25.1 Å². The van der Waals surface area contributed by atoms with Gasteiger partial charge >= 0.3 is 0 Å². The fourth-order valence-corrected chi connectivity index (χ4v) is 2.35. The van der Waals surface area contributed by atoms with E-state index in [0.29, 0.717) is 12.1 Å². The van der Waals surface area contributed by atoms with Crippen LogP contribution in [-0.2, 0) is 9.53 Å². The Labute approximate surface area is 120 Å². The number of morpholine rings is 1. The van der Waals surface area contributed by atoms with Crippen molar-refractivity contribution < 1.29 is 9.53 Å². The van der Waals surface area contributed by atoms with E-state index in [0.717, 1.165) is 37.5 Å². The van der Waals surface area contributed by atoms with Gasteiger partial charge in [-0.3, -0.25) is 9.69 Å². The minimum Gasteiger partial charge on any atom is -0.398 e. The van der Waals surface area contributed by atoms with Crippen molar-refractivity contribution in [3.8, 4) is 0 Å². The van der Waals surface area contributed by atoms with Crippen LogP contribution in [0.25, 0.3) is 0 Å². The fourth-order valence-electron chi connectivity index (χ4n) is 2.35. The van der Waals surface area contributed by atoms with Gasteiger partial charge in [0.05, 0.1) is 12.7 Å². The smallest absolute Gasteiger partial charge is 0.225 e. The van der Waals surface area contributed by atoms with Gasteiger partial charge in [0.1, 0.15) is 0 Å². The first-order chi connectivity index (χ1) is 9.56. The van der Waals surface area contributed by atoms with Gasteiger partial charge in [0, 0.05) is 37.4 Å². The van der Waals surface area contributed by atoms with E-state index in [9.17, 15) is 4.79 Å². The van der Waals surface area contributed by atoms with Gasteiger partial charge in [-0.05, 0) is 31.5 Å². The number of anilines is 2. The topological polar surface area (TPSA) is 67.6 Å². The van der Waals surface area contributed by atoms with Crippen LogP contribution in [0.2, 0.25) is 0 Å². The lowest BCUT2D eigenvalue weighted by atomic mass is 10.1. The van der Waals surface area contributed by atoms with Crippen molar-refractivity contribution in [3.63, 3.8) is 0 Å². The van der Waals surface area contributed by atoms with E-state index in [4.69, 9.17) is 10.5 Å². The lowest BCUT2D eigenvalue weighted by Crippen LogP contribution is -2.42. The Hall–Kier alpha value is -1.59. The number of hydrogen-bond acceptors (Lipinski definition) is 4. The molecule has 0 aliphatic carbocycles. The molecule has 0 radical (unpaired) electrons. The Morgan fingerprint density at radius 1 is 1.55 bits per heavy atom. The summed E-state index contributed by atoms with van der Waals surface area (Å²) >= 11 is 0. The lowest BCUT2D eigenvalue weighted by Gasteiger charge is -2.30. The standard InChI is InChI=1S/C15H23N3O2/c1-11-10-18(8-9-20-11)7-6-15(19)17-14-5-3-4-13(16)12(14)2/h3-5,11H,6-10,16H2,1-2H3,(H,17,19). The molecule has 0 spiro atoms. The Morgan fingerprint density at radius 2 is 2.35 bits per heavy atom. The van der Waals surface area contributed by atoms with Gasteiger partial charge in [-0.1, -0.05) is 6.07 Å². The van der Waals surface area contributed by atoms with Crippen molar-refractivity contribution >= 4 is 17.3 Å². The molecule has 0 saturated carbocycles. The van der Waals surface area contributed by atoms with Crippen LogP contribution in [0.1, 0.15) is 18.9 Å². The van der Waals surface area contributed by atoms with Crippen LogP contribution in [0.3, 0.4) is 0 Å². The van der Waals surface area contributed by atoms with Crippen molar-refractivity contribution in [3.05, 3.63) is 23.8 Å². The molecule has 1 fully saturated rings. The molecule has 1 aromatic rings. The summed E-state index contributed by atoms with van der Waals surface area (Å²) in [7, 11) is 0. The number of amides is 1. The van der Waals surface area contributed by atoms with E-state index in [2.05, 4.69) is 17.1 Å². The van der Waals surface area contributed by atoms with Gasteiger partial charge in [-0.15, -0.1) is 0 Å². The van der Waals surface area contributed by atoms with Crippen LogP contribution >= 0.6 is 0 Å². The van der Waals surface area contributed by atoms with E-state index in [1.54, 1.807) is 0 Å². The maximum Gasteiger partial charge on any atom is 0.225 e. The molecule has 5 heteroatoms. The van der Waals surface area contributed by atoms with Crippen molar-refractivity contribution in [2.45, 2.75) is 26.4 Å². The molecule has 5 nitrogen and oxygen atoms in total. The number of rotatable bonds is 4. The molecule has 0 bridgehead atoms. The number of nitrogens with one attached hydrogen (secondary N) is 1. The quantitative estimate of drug-likeness (QED) is 0.821. The molecule has 1 aromatic carbocycles. The molecular weight excluding hydrogens is 254 g/mol. The highest BCUT2D eigenvalue weighted by Crippen LogP contribution is 2.20. The maximum atomic E-state index is 12.0. The van der Waals surface area contributed by atoms with Crippen LogP contribution < -0.4 is 11.1 Å². The van der Waals surface area contributed by atoms with E-state index < -0.39 is 0 Å². The first kappa shape index (κ1) is 14.8. The predicted molar refractivity (Wildman–Crippen MR) is 80.7 cm³/mol. The molecule has 110 valence electrons. The fraction of sp³-hybridized carbons (Fsp3) is 0.533. The van der Waals surface area contributed by atoms with Gasteiger partial charge in [0.15, 0.2) is 0 Å². The SMILES string of the molecule is Cc1c(N)cccc1NC(=O)CCN1CCOC(C)C1. The first-order valence-corrected chi connectivity index (χ1v) is 7.05. The number of nitrogens with zero attached hydrogens (tertiary/aromatic N) is 1. The molecule has 2 rings (SSSR count). The summed E-state index contributed by atoms with van der Waals surface area (Å²) in [6.45, 7) is 7.27. The zero-order valence-corrected chi connectivity index (χ0v) is 12.2. The molecule has 1 aliphatic heterocycles.